The molecule has 0 saturated heterocycles. The van der Waals surface area contributed by atoms with Crippen LogP contribution in [0.25, 0.3) is 11.6 Å². The van der Waals surface area contributed by atoms with Crippen LogP contribution in [-0.4, -0.2) is 26.5 Å². The van der Waals surface area contributed by atoms with E-state index >= 15 is 0 Å². The minimum Gasteiger partial charge on any atom is -0.370 e. The van der Waals surface area contributed by atoms with Crippen LogP contribution < -0.4 is 5.32 Å². The zero-order valence-corrected chi connectivity index (χ0v) is 10.3. The number of hydrogen-bond donors (Lipinski definition) is 1. The molecule has 0 aromatic carbocycles. The predicted octanol–water partition coefficient (Wildman–Crippen LogP) is 2.24. The van der Waals surface area contributed by atoms with Crippen molar-refractivity contribution >= 4 is 5.82 Å². The smallest absolute Gasteiger partial charge is 0.199 e. The fourth-order valence-electron chi connectivity index (χ4n) is 1.84. The highest BCUT2D eigenvalue weighted by molar-refractivity contribution is 5.49. The first-order valence-electron chi connectivity index (χ1n) is 6.27. The summed E-state index contributed by atoms with van der Waals surface area (Å²) in [7, 11) is 0. The molecule has 5 heteroatoms. The van der Waals surface area contributed by atoms with Crippen molar-refractivity contribution in [2.45, 2.75) is 25.7 Å². The molecule has 1 N–H and O–H groups in total. The molecular weight excluding hydrogens is 226 g/mol. The number of hydrogen-bond acceptors (Lipinski definition) is 5. The monoisotopic (exact) mass is 241 g/mol. The molecular formula is C13H15N5. The maximum atomic E-state index is 4.57. The highest BCUT2D eigenvalue weighted by Gasteiger charge is 2.26. The minimum absolute atomic E-state index is 0.583. The van der Waals surface area contributed by atoms with Crippen molar-refractivity contribution in [2.24, 2.45) is 0 Å². The summed E-state index contributed by atoms with van der Waals surface area (Å²) in [6.07, 6.45) is 5.86. The molecule has 0 amide bonds. The number of aromatic nitrogens is 4. The van der Waals surface area contributed by atoms with Gasteiger partial charge in [0.2, 0.25) is 0 Å². The molecule has 0 aliphatic heterocycles. The molecule has 0 atom stereocenters. The number of nitrogens with one attached hydrogen (secondary N) is 1. The van der Waals surface area contributed by atoms with Crippen molar-refractivity contribution in [3.05, 3.63) is 30.2 Å². The lowest BCUT2D eigenvalue weighted by Gasteiger charge is -2.07. The topological polar surface area (TPSA) is 63.6 Å². The van der Waals surface area contributed by atoms with Crippen LogP contribution in [0.15, 0.2) is 24.5 Å². The molecule has 0 bridgehead atoms. The lowest BCUT2D eigenvalue weighted by molar-refractivity contribution is 0.970. The third-order valence-electron chi connectivity index (χ3n) is 2.87. The van der Waals surface area contributed by atoms with Crippen LogP contribution in [-0.2, 0) is 0 Å². The average molecular weight is 241 g/mol. The molecule has 0 radical (unpaired) electrons. The molecule has 92 valence electrons. The van der Waals surface area contributed by atoms with Crippen LogP contribution in [0.4, 0.5) is 5.82 Å². The van der Waals surface area contributed by atoms with Gasteiger partial charge in [-0.3, -0.25) is 0 Å². The third-order valence-corrected chi connectivity index (χ3v) is 2.87. The van der Waals surface area contributed by atoms with Crippen molar-refractivity contribution in [2.75, 3.05) is 11.9 Å². The SMILES string of the molecule is CCNc1cc(C2CC2)nc(-c2ncccn2)n1. The van der Waals surface area contributed by atoms with Gasteiger partial charge in [0.1, 0.15) is 5.82 Å². The van der Waals surface area contributed by atoms with E-state index in [0.29, 0.717) is 17.6 Å². The van der Waals surface area contributed by atoms with Gasteiger partial charge in [-0.15, -0.1) is 0 Å². The molecule has 3 rings (SSSR count). The Hall–Kier alpha value is -2.04. The van der Waals surface area contributed by atoms with Crippen molar-refractivity contribution < 1.29 is 0 Å². The van der Waals surface area contributed by atoms with Gasteiger partial charge in [0.15, 0.2) is 11.6 Å². The minimum atomic E-state index is 0.583. The molecule has 2 aromatic rings. The maximum absolute atomic E-state index is 4.57. The van der Waals surface area contributed by atoms with Crippen LogP contribution in [0.3, 0.4) is 0 Å². The lowest BCUT2D eigenvalue weighted by atomic mass is 10.2. The van der Waals surface area contributed by atoms with Gasteiger partial charge in [-0.05, 0) is 25.8 Å². The van der Waals surface area contributed by atoms with E-state index < -0.39 is 0 Å². The zero-order valence-electron chi connectivity index (χ0n) is 10.3. The summed E-state index contributed by atoms with van der Waals surface area (Å²) in [4.78, 5) is 17.4. The summed E-state index contributed by atoms with van der Waals surface area (Å²) >= 11 is 0. The summed E-state index contributed by atoms with van der Waals surface area (Å²) < 4.78 is 0. The van der Waals surface area contributed by atoms with E-state index in [1.54, 1.807) is 18.5 Å². The van der Waals surface area contributed by atoms with Crippen LogP contribution in [0, 0.1) is 0 Å². The van der Waals surface area contributed by atoms with E-state index in [-0.39, 0.29) is 0 Å². The van der Waals surface area contributed by atoms with Gasteiger partial charge in [-0.25, -0.2) is 19.9 Å². The van der Waals surface area contributed by atoms with Crippen LogP contribution in [0.2, 0.25) is 0 Å². The Morgan fingerprint density at radius 2 is 1.94 bits per heavy atom. The Morgan fingerprint density at radius 3 is 2.61 bits per heavy atom. The van der Waals surface area contributed by atoms with E-state index in [2.05, 4.69) is 32.2 Å². The second kappa shape index (κ2) is 4.68. The summed E-state index contributed by atoms with van der Waals surface area (Å²) in [6.45, 7) is 2.90. The predicted molar refractivity (Wildman–Crippen MR) is 69.2 cm³/mol. The maximum Gasteiger partial charge on any atom is 0.199 e. The van der Waals surface area contributed by atoms with E-state index in [4.69, 9.17) is 0 Å². The number of nitrogens with zero attached hydrogens (tertiary/aromatic N) is 4. The fraction of sp³-hybridized carbons (Fsp3) is 0.385. The number of anilines is 1. The average Bonchev–Trinajstić information content (AvgIpc) is 3.24. The molecule has 0 unspecified atom stereocenters. The lowest BCUT2D eigenvalue weighted by Crippen LogP contribution is -2.04. The Labute approximate surface area is 106 Å². The third kappa shape index (κ3) is 2.30. The van der Waals surface area contributed by atoms with Crippen molar-refractivity contribution in [3.8, 4) is 11.6 Å². The molecule has 1 aliphatic rings. The molecule has 1 aliphatic carbocycles. The van der Waals surface area contributed by atoms with Gasteiger partial charge in [-0.1, -0.05) is 0 Å². The number of rotatable bonds is 4. The van der Waals surface area contributed by atoms with Gasteiger partial charge in [0.25, 0.3) is 0 Å². The summed E-state index contributed by atoms with van der Waals surface area (Å²) in [5.74, 6) is 2.64. The summed E-state index contributed by atoms with van der Waals surface area (Å²) in [6, 6.07) is 3.83. The van der Waals surface area contributed by atoms with Crippen LogP contribution >= 0.6 is 0 Å². The molecule has 1 saturated carbocycles. The first kappa shape index (κ1) is 11.1. The zero-order chi connectivity index (χ0) is 12.4. The first-order chi connectivity index (χ1) is 8.86. The van der Waals surface area contributed by atoms with Gasteiger partial charge in [0.05, 0.1) is 0 Å². The Kier molecular flexibility index (Phi) is 2.88. The Morgan fingerprint density at radius 1 is 1.17 bits per heavy atom. The molecule has 0 spiro atoms. The Bertz CT molecular complexity index is 536. The normalized spacial score (nSPS) is 14.5. The van der Waals surface area contributed by atoms with Gasteiger partial charge < -0.3 is 5.32 Å². The van der Waals surface area contributed by atoms with E-state index in [1.165, 1.54) is 12.8 Å². The molecule has 18 heavy (non-hydrogen) atoms. The molecule has 5 nitrogen and oxygen atoms in total. The molecule has 1 fully saturated rings. The first-order valence-corrected chi connectivity index (χ1v) is 6.27. The molecule has 2 heterocycles. The largest absolute Gasteiger partial charge is 0.370 e. The van der Waals surface area contributed by atoms with Crippen LogP contribution in [0.5, 0.6) is 0 Å². The van der Waals surface area contributed by atoms with Crippen molar-refractivity contribution in [1.29, 1.82) is 0 Å². The fourth-order valence-corrected chi connectivity index (χ4v) is 1.84. The van der Waals surface area contributed by atoms with Crippen molar-refractivity contribution in [1.82, 2.24) is 19.9 Å². The Balaban J connectivity index is 2.02. The van der Waals surface area contributed by atoms with Gasteiger partial charge in [-0.2, -0.15) is 0 Å². The van der Waals surface area contributed by atoms with Gasteiger partial charge in [0, 0.05) is 36.6 Å². The molecule has 2 aromatic heterocycles. The summed E-state index contributed by atoms with van der Waals surface area (Å²) in [5, 5.41) is 3.23. The van der Waals surface area contributed by atoms with E-state index in [9.17, 15) is 0 Å². The van der Waals surface area contributed by atoms with Gasteiger partial charge >= 0.3 is 0 Å². The van der Waals surface area contributed by atoms with E-state index in [0.717, 1.165) is 18.1 Å². The van der Waals surface area contributed by atoms with E-state index in [1.807, 2.05) is 6.07 Å². The van der Waals surface area contributed by atoms with Crippen LogP contribution in [0.1, 0.15) is 31.4 Å². The quantitative estimate of drug-likeness (QED) is 0.889. The second-order valence-electron chi connectivity index (χ2n) is 4.38. The van der Waals surface area contributed by atoms with Crippen molar-refractivity contribution in [3.63, 3.8) is 0 Å². The highest BCUT2D eigenvalue weighted by atomic mass is 15.1. The second-order valence-corrected chi connectivity index (χ2v) is 4.38. The summed E-state index contributed by atoms with van der Waals surface area (Å²) in [5.41, 5.74) is 1.10. The highest BCUT2D eigenvalue weighted by Crippen LogP contribution is 2.39. The standard InChI is InChI=1S/C13H15N5/c1-2-14-11-8-10(9-4-5-9)17-13(18-11)12-15-6-3-7-16-12/h3,6-9H,2,4-5H2,1H3,(H,14,17,18).